The molecule has 3 aromatic rings. The van der Waals surface area contributed by atoms with Gasteiger partial charge in [0.15, 0.2) is 5.82 Å². The summed E-state index contributed by atoms with van der Waals surface area (Å²) in [5.74, 6) is 0.959. The summed E-state index contributed by atoms with van der Waals surface area (Å²) in [7, 11) is 3.40. The summed E-state index contributed by atoms with van der Waals surface area (Å²) in [4.78, 5) is 25.5. The number of carbonyl (C=O) groups excluding carboxylic acids is 1. The van der Waals surface area contributed by atoms with E-state index in [9.17, 15) is 9.18 Å². The van der Waals surface area contributed by atoms with Crippen LogP contribution in [0.15, 0.2) is 42.9 Å². The highest BCUT2D eigenvalue weighted by molar-refractivity contribution is 6.04. The van der Waals surface area contributed by atoms with Crippen molar-refractivity contribution in [2.24, 2.45) is 0 Å². The van der Waals surface area contributed by atoms with Crippen LogP contribution in [0.3, 0.4) is 0 Å². The average molecular weight is 470 g/mol. The third kappa shape index (κ3) is 5.33. The maximum absolute atomic E-state index is 13.1. The quantitative estimate of drug-likeness (QED) is 0.514. The number of hydrogen-bond acceptors (Lipinski definition) is 7. The summed E-state index contributed by atoms with van der Waals surface area (Å²) in [6.07, 6.45) is 6.05. The van der Waals surface area contributed by atoms with Gasteiger partial charge in [0.25, 0.3) is 0 Å². The lowest BCUT2D eigenvalue weighted by Crippen LogP contribution is -2.53. The van der Waals surface area contributed by atoms with Crippen molar-refractivity contribution in [1.29, 1.82) is 0 Å². The Morgan fingerprint density at radius 2 is 1.94 bits per heavy atom. The zero-order valence-corrected chi connectivity index (χ0v) is 19.0. The molecular weight excluding hydrogens is 437 g/mol. The van der Waals surface area contributed by atoms with Gasteiger partial charge >= 0.3 is 0 Å². The molecule has 4 rings (SSSR count). The highest BCUT2D eigenvalue weighted by Gasteiger charge is 2.36. The minimum atomic E-state index is -0.287. The molecule has 0 bridgehead atoms. The van der Waals surface area contributed by atoms with Crippen molar-refractivity contribution in [2.45, 2.75) is 39.9 Å². The normalized spacial score (nSPS) is 15.2. The monoisotopic (exact) mass is 469 g/mol. The van der Waals surface area contributed by atoms with Gasteiger partial charge in [-0.2, -0.15) is 10.1 Å². The molecule has 9 nitrogen and oxygen atoms in total. The number of nitrogens with one attached hydrogen (secondary N) is 1. The van der Waals surface area contributed by atoms with Gasteiger partial charge in [-0.1, -0.05) is 26.5 Å². The van der Waals surface area contributed by atoms with Gasteiger partial charge in [0.2, 0.25) is 11.9 Å². The Morgan fingerprint density at radius 3 is 2.65 bits per heavy atom. The molecule has 0 radical (unpaired) electrons. The molecule has 1 aliphatic rings. The molecule has 34 heavy (non-hydrogen) atoms. The zero-order chi connectivity index (χ0) is 23.4. The third-order valence-electron chi connectivity index (χ3n) is 5.69. The lowest BCUT2D eigenvalue weighted by Gasteiger charge is -2.40. The molecule has 0 saturated carbocycles. The number of halogens is 1. The Kier molecular flexibility index (Phi) is 8.17. The van der Waals surface area contributed by atoms with E-state index in [0.717, 1.165) is 11.1 Å². The number of methoxy groups -OCH3 is 1. The van der Waals surface area contributed by atoms with E-state index in [1.54, 1.807) is 48.3 Å². The lowest BCUT2D eigenvalue weighted by atomic mass is 10.1. The highest BCUT2D eigenvalue weighted by Crippen LogP contribution is 2.34. The van der Waals surface area contributed by atoms with Crippen molar-refractivity contribution in [3.63, 3.8) is 0 Å². The van der Waals surface area contributed by atoms with Gasteiger partial charge in [-0.15, -0.1) is 0 Å². The molecule has 10 heteroatoms. The molecule has 1 amide bonds. The van der Waals surface area contributed by atoms with Crippen molar-refractivity contribution >= 4 is 23.4 Å². The van der Waals surface area contributed by atoms with Gasteiger partial charge in [-0.3, -0.25) is 9.48 Å². The fraction of sp³-hybridized carbons (Fsp3) is 0.417. The van der Waals surface area contributed by atoms with E-state index in [-0.39, 0.29) is 25.2 Å². The molecule has 182 valence electrons. The van der Waals surface area contributed by atoms with Crippen molar-refractivity contribution in [3.8, 4) is 0 Å². The summed E-state index contributed by atoms with van der Waals surface area (Å²) in [6, 6.07) is 6.09. The van der Waals surface area contributed by atoms with E-state index in [4.69, 9.17) is 9.72 Å². The number of likely N-dealkylation sites (N-methyl/N-ethyl adjacent to an activating group) is 1. The Labute approximate surface area is 199 Å². The van der Waals surface area contributed by atoms with Crippen molar-refractivity contribution < 1.29 is 13.9 Å². The number of carbonyl (C=O) groups is 1. The fourth-order valence-corrected chi connectivity index (χ4v) is 3.91. The second kappa shape index (κ2) is 11.1. The second-order valence-electron chi connectivity index (χ2n) is 7.94. The van der Waals surface area contributed by atoms with Gasteiger partial charge in [0.05, 0.1) is 25.5 Å². The molecule has 0 spiro atoms. The minimum absolute atomic E-state index is 0. The Morgan fingerprint density at radius 1 is 1.18 bits per heavy atom. The molecule has 1 aromatic carbocycles. The van der Waals surface area contributed by atoms with Gasteiger partial charge < -0.3 is 19.9 Å². The van der Waals surface area contributed by atoms with E-state index in [1.807, 2.05) is 18.0 Å². The number of benzene rings is 1. The van der Waals surface area contributed by atoms with Crippen LogP contribution in [-0.4, -0.2) is 59.0 Å². The number of rotatable bonds is 9. The van der Waals surface area contributed by atoms with E-state index < -0.39 is 0 Å². The van der Waals surface area contributed by atoms with Gasteiger partial charge in [-0.25, -0.2) is 9.37 Å². The maximum Gasteiger partial charge on any atom is 0.249 e. The van der Waals surface area contributed by atoms with Gasteiger partial charge in [-0.05, 0) is 24.1 Å². The maximum atomic E-state index is 13.1. The van der Waals surface area contributed by atoms with E-state index in [1.165, 1.54) is 12.1 Å². The average Bonchev–Trinajstić information content (AvgIpc) is 3.27. The number of amides is 1. The van der Waals surface area contributed by atoms with Crippen LogP contribution in [0.1, 0.15) is 31.9 Å². The molecule has 0 saturated heterocycles. The first-order valence-electron chi connectivity index (χ1n) is 10.9. The third-order valence-corrected chi connectivity index (χ3v) is 5.69. The minimum Gasteiger partial charge on any atom is -0.383 e. The Bertz CT molecular complexity index is 1100. The smallest absolute Gasteiger partial charge is 0.249 e. The molecule has 0 unspecified atom stereocenters. The van der Waals surface area contributed by atoms with E-state index in [2.05, 4.69) is 15.4 Å². The predicted octanol–water partition coefficient (Wildman–Crippen LogP) is 3.32. The number of aromatic nitrogens is 4. The highest BCUT2D eigenvalue weighted by atomic mass is 19.1. The zero-order valence-electron chi connectivity index (χ0n) is 19.0. The first-order valence-corrected chi connectivity index (χ1v) is 10.9. The van der Waals surface area contributed by atoms with Crippen LogP contribution in [-0.2, 0) is 22.6 Å². The number of nitrogens with zero attached hydrogens (tertiary/aromatic N) is 6. The number of anilines is 3. The van der Waals surface area contributed by atoms with Crippen molar-refractivity contribution in [1.82, 2.24) is 19.7 Å². The van der Waals surface area contributed by atoms with Crippen LogP contribution in [0, 0.1) is 5.82 Å². The van der Waals surface area contributed by atoms with Crippen LogP contribution in [0.5, 0.6) is 0 Å². The lowest BCUT2D eigenvalue weighted by molar-refractivity contribution is -0.120. The van der Waals surface area contributed by atoms with Gasteiger partial charge in [0.1, 0.15) is 17.5 Å². The Balaban J connectivity index is 0.00000324. The predicted molar refractivity (Wildman–Crippen MR) is 131 cm³/mol. The summed E-state index contributed by atoms with van der Waals surface area (Å²) >= 11 is 0. The fourth-order valence-electron chi connectivity index (χ4n) is 3.91. The topological polar surface area (TPSA) is 88.4 Å². The molecule has 0 fully saturated rings. The van der Waals surface area contributed by atoms with Crippen molar-refractivity contribution in [3.05, 3.63) is 59.8 Å². The van der Waals surface area contributed by atoms with Crippen LogP contribution in [0.25, 0.3) is 0 Å². The molecule has 1 aliphatic heterocycles. The van der Waals surface area contributed by atoms with Crippen molar-refractivity contribution in [2.75, 3.05) is 42.4 Å². The summed E-state index contributed by atoms with van der Waals surface area (Å²) in [5.41, 5.74) is 2.61. The van der Waals surface area contributed by atoms with Crippen LogP contribution in [0.4, 0.5) is 21.8 Å². The SMILES string of the molecule is C.CC[C@H]1C(=O)N(C)c2cnc(NCc3cnn(Cc4ccc(F)cc4)c3)nc2N1CCOC. The molecule has 0 aliphatic carbocycles. The molecule has 1 N–H and O–H groups in total. The molecule has 2 aromatic heterocycles. The first kappa shape index (κ1) is 25.1. The Hall–Kier alpha value is -3.53. The second-order valence-corrected chi connectivity index (χ2v) is 7.94. The number of hydrogen-bond donors (Lipinski definition) is 1. The summed E-state index contributed by atoms with van der Waals surface area (Å²) in [5, 5.41) is 7.62. The molecule has 3 heterocycles. The van der Waals surface area contributed by atoms with Gasteiger partial charge in [0, 0.05) is 39.0 Å². The van der Waals surface area contributed by atoms with E-state index >= 15 is 0 Å². The van der Waals surface area contributed by atoms with Crippen LogP contribution < -0.4 is 15.1 Å². The summed E-state index contributed by atoms with van der Waals surface area (Å²) < 4.78 is 20.1. The van der Waals surface area contributed by atoms with Crippen LogP contribution in [0.2, 0.25) is 0 Å². The summed E-state index contributed by atoms with van der Waals surface area (Å²) in [6.45, 7) is 4.10. The molecular formula is C24H32FN7O2. The van der Waals surface area contributed by atoms with Crippen LogP contribution >= 0.6 is 0 Å². The van der Waals surface area contributed by atoms with E-state index in [0.29, 0.717) is 50.1 Å². The first-order chi connectivity index (χ1) is 16.0. The molecule has 1 atom stereocenters. The number of ether oxygens (including phenoxy) is 1. The largest absolute Gasteiger partial charge is 0.383 e. The standard InChI is InChI=1S/C23H28FN7O2.CH4/c1-4-19-22(32)29(2)20-13-26-23(28-21(20)31(19)9-10-33-3)25-11-17-12-27-30(15-17)14-16-5-7-18(24)8-6-16;/h5-8,12-13,15,19H,4,9-11,14H2,1-3H3,(H,25,26,28);1H4/t19-;/m0./s1. The number of fused-ring (bicyclic) bond motifs is 1.